The first kappa shape index (κ1) is 15.7. The molecule has 2 heterocycles. The van der Waals surface area contributed by atoms with Gasteiger partial charge in [-0.25, -0.2) is 4.98 Å². The molecule has 4 N–H and O–H groups in total. The van der Waals surface area contributed by atoms with Gasteiger partial charge in [-0.1, -0.05) is 0 Å². The summed E-state index contributed by atoms with van der Waals surface area (Å²) in [5.74, 6) is -0.238. The van der Waals surface area contributed by atoms with Crippen LogP contribution in [0.5, 0.6) is 0 Å². The number of hydrogen-bond acceptors (Lipinski definition) is 4. The van der Waals surface area contributed by atoms with Crippen molar-refractivity contribution in [3.8, 4) is 0 Å². The molecule has 0 fully saturated rings. The van der Waals surface area contributed by atoms with Crippen LogP contribution in [-0.2, 0) is 6.42 Å². The molecular weight excluding hydrogens is 296 g/mol. The molecule has 0 bridgehead atoms. The Balaban J connectivity index is 2.00. The van der Waals surface area contributed by atoms with Crippen LogP contribution in [0.2, 0.25) is 0 Å². The molecule has 0 saturated heterocycles. The molecule has 2 aromatic heterocycles. The van der Waals surface area contributed by atoms with Crippen LogP contribution >= 0.6 is 0 Å². The standard InChI is InChI=1S/C13H15F2N5O2/c1-7-2-3-8(20(7)13(14)15)12(22)17-5-4-10-18-9(16)6-11(21)19-10/h2-3,6,13H,4-5H2,1H3,(H,17,22)(H3,16,18,19,21). The normalized spacial score (nSPS) is 10.9. The molecule has 7 nitrogen and oxygen atoms in total. The molecule has 9 heteroatoms. The number of aromatic amines is 1. The van der Waals surface area contributed by atoms with E-state index < -0.39 is 18.0 Å². The van der Waals surface area contributed by atoms with E-state index in [9.17, 15) is 18.4 Å². The average molecular weight is 311 g/mol. The first-order valence-electron chi connectivity index (χ1n) is 6.48. The first-order chi connectivity index (χ1) is 10.4. The lowest BCUT2D eigenvalue weighted by Gasteiger charge is -2.10. The van der Waals surface area contributed by atoms with Crippen molar-refractivity contribution in [3.63, 3.8) is 0 Å². The number of anilines is 1. The summed E-state index contributed by atoms with van der Waals surface area (Å²) in [5.41, 5.74) is 5.21. The third-order valence-corrected chi connectivity index (χ3v) is 3.01. The van der Waals surface area contributed by atoms with E-state index in [4.69, 9.17) is 5.73 Å². The Kier molecular flexibility index (Phi) is 4.54. The number of rotatable bonds is 5. The third kappa shape index (κ3) is 3.48. The van der Waals surface area contributed by atoms with Gasteiger partial charge in [0.1, 0.15) is 17.3 Å². The lowest BCUT2D eigenvalue weighted by Crippen LogP contribution is -2.29. The molecule has 0 unspecified atom stereocenters. The van der Waals surface area contributed by atoms with Crippen LogP contribution in [0.1, 0.15) is 28.6 Å². The van der Waals surface area contributed by atoms with Crippen molar-refractivity contribution in [2.24, 2.45) is 0 Å². The number of carbonyl (C=O) groups excluding carboxylic acids is 1. The maximum atomic E-state index is 12.9. The zero-order valence-corrected chi connectivity index (χ0v) is 11.8. The number of hydrogen-bond donors (Lipinski definition) is 3. The highest BCUT2D eigenvalue weighted by molar-refractivity contribution is 5.92. The van der Waals surface area contributed by atoms with E-state index in [2.05, 4.69) is 15.3 Å². The van der Waals surface area contributed by atoms with Crippen LogP contribution in [0.15, 0.2) is 23.0 Å². The summed E-state index contributed by atoms with van der Waals surface area (Å²) < 4.78 is 26.4. The van der Waals surface area contributed by atoms with Crippen LogP contribution < -0.4 is 16.6 Å². The van der Waals surface area contributed by atoms with Crippen molar-refractivity contribution in [1.82, 2.24) is 19.9 Å². The fourth-order valence-electron chi connectivity index (χ4n) is 2.03. The first-order valence-corrected chi connectivity index (χ1v) is 6.48. The SMILES string of the molecule is Cc1ccc(C(=O)NCCc2nc(N)cc(=O)[nH]2)n1C(F)F. The number of amides is 1. The van der Waals surface area contributed by atoms with Gasteiger partial charge >= 0.3 is 6.55 Å². The van der Waals surface area contributed by atoms with Crippen molar-refractivity contribution in [3.05, 3.63) is 45.8 Å². The van der Waals surface area contributed by atoms with Gasteiger partial charge in [0.15, 0.2) is 0 Å². The summed E-state index contributed by atoms with van der Waals surface area (Å²) >= 11 is 0. The minimum Gasteiger partial charge on any atom is -0.383 e. The molecule has 0 aromatic carbocycles. The molecule has 1 amide bonds. The number of carbonyl (C=O) groups is 1. The van der Waals surface area contributed by atoms with Crippen LogP contribution in [0.4, 0.5) is 14.6 Å². The summed E-state index contributed by atoms with van der Waals surface area (Å²) in [7, 11) is 0. The Morgan fingerprint density at radius 3 is 2.86 bits per heavy atom. The number of aromatic nitrogens is 3. The molecule has 118 valence electrons. The highest BCUT2D eigenvalue weighted by Crippen LogP contribution is 2.18. The fourth-order valence-corrected chi connectivity index (χ4v) is 2.03. The van der Waals surface area contributed by atoms with Crippen molar-refractivity contribution in [2.45, 2.75) is 19.9 Å². The number of alkyl halides is 2. The van der Waals surface area contributed by atoms with Gasteiger partial charge in [0, 0.05) is 24.7 Å². The third-order valence-electron chi connectivity index (χ3n) is 3.01. The number of H-pyrrole nitrogens is 1. The Labute approximate surface area is 124 Å². The fraction of sp³-hybridized carbons (Fsp3) is 0.308. The van der Waals surface area contributed by atoms with Crippen LogP contribution in [0.25, 0.3) is 0 Å². The number of aryl methyl sites for hydroxylation is 1. The average Bonchev–Trinajstić information content (AvgIpc) is 2.79. The summed E-state index contributed by atoms with van der Waals surface area (Å²) in [6.45, 7) is -1.18. The monoisotopic (exact) mass is 311 g/mol. The van der Waals surface area contributed by atoms with Crippen molar-refractivity contribution in [1.29, 1.82) is 0 Å². The van der Waals surface area contributed by atoms with Gasteiger partial charge < -0.3 is 16.0 Å². The van der Waals surface area contributed by atoms with E-state index >= 15 is 0 Å². The second-order valence-electron chi connectivity index (χ2n) is 4.63. The number of nitrogens with one attached hydrogen (secondary N) is 2. The minimum absolute atomic E-state index is 0.0762. The minimum atomic E-state index is -2.79. The van der Waals surface area contributed by atoms with E-state index in [1.807, 2.05) is 0 Å². The number of nitrogens with zero attached hydrogens (tertiary/aromatic N) is 2. The van der Waals surface area contributed by atoms with E-state index in [1.165, 1.54) is 19.1 Å². The second kappa shape index (κ2) is 6.37. The lowest BCUT2D eigenvalue weighted by molar-refractivity contribution is 0.0618. The van der Waals surface area contributed by atoms with Crippen molar-refractivity contribution in [2.75, 3.05) is 12.3 Å². The molecule has 0 atom stereocenters. The van der Waals surface area contributed by atoms with Gasteiger partial charge in [-0.15, -0.1) is 0 Å². The van der Waals surface area contributed by atoms with Gasteiger partial charge in [0.25, 0.3) is 11.5 Å². The topological polar surface area (TPSA) is 106 Å². The number of halogens is 2. The predicted molar refractivity (Wildman–Crippen MR) is 75.7 cm³/mol. The number of nitrogen functional groups attached to an aromatic ring is 1. The smallest absolute Gasteiger partial charge is 0.319 e. The van der Waals surface area contributed by atoms with Crippen LogP contribution in [0.3, 0.4) is 0 Å². The highest BCUT2D eigenvalue weighted by Gasteiger charge is 2.18. The van der Waals surface area contributed by atoms with Gasteiger partial charge in [-0.3, -0.25) is 14.2 Å². The molecular formula is C13H15F2N5O2. The summed E-state index contributed by atoms with van der Waals surface area (Å²) in [6.07, 6.45) is 0.223. The van der Waals surface area contributed by atoms with E-state index in [0.717, 1.165) is 6.07 Å². The molecule has 0 spiro atoms. The molecule has 2 aromatic rings. The quantitative estimate of drug-likeness (QED) is 0.760. The predicted octanol–water partition coefficient (Wildman–Crippen LogP) is 0.830. The molecule has 2 rings (SSSR count). The lowest BCUT2D eigenvalue weighted by atomic mass is 10.3. The molecule has 0 aliphatic heterocycles. The van der Waals surface area contributed by atoms with Gasteiger partial charge in [-0.05, 0) is 19.1 Å². The molecule has 0 aliphatic rings. The van der Waals surface area contributed by atoms with E-state index in [-0.39, 0.29) is 24.5 Å². The van der Waals surface area contributed by atoms with E-state index in [1.54, 1.807) is 0 Å². The van der Waals surface area contributed by atoms with Crippen LogP contribution in [0, 0.1) is 6.92 Å². The Morgan fingerprint density at radius 1 is 1.50 bits per heavy atom. The van der Waals surface area contributed by atoms with Crippen molar-refractivity contribution >= 4 is 11.7 Å². The summed E-state index contributed by atoms with van der Waals surface area (Å²) in [5, 5.41) is 2.50. The van der Waals surface area contributed by atoms with E-state index in [0.29, 0.717) is 16.1 Å². The Bertz CT molecular complexity index is 738. The molecule has 0 aliphatic carbocycles. The summed E-state index contributed by atoms with van der Waals surface area (Å²) in [6, 6.07) is 3.91. The Hall–Kier alpha value is -2.71. The van der Waals surface area contributed by atoms with Gasteiger partial charge in [-0.2, -0.15) is 8.78 Å². The molecule has 0 saturated carbocycles. The zero-order chi connectivity index (χ0) is 16.3. The van der Waals surface area contributed by atoms with Gasteiger partial charge in [0.05, 0.1) is 0 Å². The summed E-state index contributed by atoms with van der Waals surface area (Å²) in [4.78, 5) is 29.5. The number of nitrogens with two attached hydrogens (primary N) is 1. The Morgan fingerprint density at radius 2 is 2.23 bits per heavy atom. The maximum absolute atomic E-state index is 12.9. The second-order valence-corrected chi connectivity index (χ2v) is 4.63. The molecule has 22 heavy (non-hydrogen) atoms. The van der Waals surface area contributed by atoms with Gasteiger partial charge in [0.2, 0.25) is 0 Å². The maximum Gasteiger partial charge on any atom is 0.319 e. The zero-order valence-electron chi connectivity index (χ0n) is 11.8. The highest BCUT2D eigenvalue weighted by atomic mass is 19.3. The van der Waals surface area contributed by atoms with Crippen molar-refractivity contribution < 1.29 is 13.6 Å². The molecule has 0 radical (unpaired) electrons. The van der Waals surface area contributed by atoms with Crippen LogP contribution in [-0.4, -0.2) is 27.0 Å². The largest absolute Gasteiger partial charge is 0.383 e.